The topological polar surface area (TPSA) is 85.3 Å². The van der Waals surface area contributed by atoms with Gasteiger partial charge >= 0.3 is 0 Å². The van der Waals surface area contributed by atoms with E-state index in [2.05, 4.69) is 6.92 Å². The Morgan fingerprint density at radius 2 is 1.68 bits per heavy atom. The molecule has 190 valence electrons. The predicted molar refractivity (Wildman–Crippen MR) is 140 cm³/mol. The molecule has 5 rings (SSSR count). The molecule has 1 fully saturated rings. The Labute approximate surface area is 215 Å². The van der Waals surface area contributed by atoms with Crippen molar-refractivity contribution in [2.24, 2.45) is 0 Å². The Morgan fingerprint density at radius 1 is 1.00 bits per heavy atom. The Bertz CT molecular complexity index is 1390. The van der Waals surface area contributed by atoms with Crippen molar-refractivity contribution in [3.05, 3.63) is 88.5 Å². The van der Waals surface area contributed by atoms with Gasteiger partial charge in [0.15, 0.2) is 0 Å². The molecule has 3 aromatic carbocycles. The maximum absolute atomic E-state index is 13.5. The highest BCUT2D eigenvalue weighted by Gasteiger charge is 2.47. The lowest BCUT2D eigenvalue weighted by atomic mass is 9.93. The van der Waals surface area contributed by atoms with Gasteiger partial charge in [-0.15, -0.1) is 0 Å². The van der Waals surface area contributed by atoms with Gasteiger partial charge in [-0.25, -0.2) is 0 Å². The SMILES string of the molecule is CCc1ccc(C2/C(=C(/O)c3ccc4c(c3)CC(C)O4)C(=O)C(=O)N2c2cc(OC)cc(OC)c2)cc1. The molecule has 7 heteroatoms. The maximum Gasteiger partial charge on any atom is 0.300 e. The summed E-state index contributed by atoms with van der Waals surface area (Å²) in [6.07, 6.45) is 1.59. The summed E-state index contributed by atoms with van der Waals surface area (Å²) in [7, 11) is 3.04. The highest BCUT2D eigenvalue weighted by Crippen LogP contribution is 2.44. The van der Waals surface area contributed by atoms with Crippen LogP contribution in [0.25, 0.3) is 5.76 Å². The molecule has 0 radical (unpaired) electrons. The van der Waals surface area contributed by atoms with Gasteiger partial charge in [-0.1, -0.05) is 31.2 Å². The fourth-order valence-electron chi connectivity index (χ4n) is 5.01. The molecule has 1 N–H and O–H groups in total. The second kappa shape index (κ2) is 9.65. The number of Topliss-reactive ketones (excluding diaryl/α,β-unsaturated/α-hetero) is 1. The molecule has 1 amide bonds. The summed E-state index contributed by atoms with van der Waals surface area (Å²) in [5.74, 6) is 0.00368. The number of aliphatic hydroxyl groups is 1. The van der Waals surface area contributed by atoms with Gasteiger partial charge in [0.05, 0.1) is 31.5 Å². The van der Waals surface area contributed by atoms with Gasteiger partial charge in [0.1, 0.15) is 29.1 Å². The fraction of sp³-hybridized carbons (Fsp3) is 0.267. The van der Waals surface area contributed by atoms with Crippen LogP contribution >= 0.6 is 0 Å². The number of hydrogen-bond donors (Lipinski definition) is 1. The van der Waals surface area contributed by atoms with Crippen molar-refractivity contribution in [2.75, 3.05) is 19.1 Å². The lowest BCUT2D eigenvalue weighted by molar-refractivity contribution is -0.132. The summed E-state index contributed by atoms with van der Waals surface area (Å²) in [5.41, 5.74) is 3.70. The first-order valence-electron chi connectivity index (χ1n) is 12.3. The van der Waals surface area contributed by atoms with Crippen LogP contribution in [-0.4, -0.2) is 37.1 Å². The number of hydrogen-bond acceptors (Lipinski definition) is 6. The molecule has 2 aliphatic heterocycles. The van der Waals surface area contributed by atoms with E-state index in [-0.39, 0.29) is 17.4 Å². The summed E-state index contributed by atoms with van der Waals surface area (Å²) in [6.45, 7) is 4.04. The van der Waals surface area contributed by atoms with E-state index < -0.39 is 17.7 Å². The fourth-order valence-corrected chi connectivity index (χ4v) is 5.01. The number of benzene rings is 3. The van der Waals surface area contributed by atoms with Crippen LogP contribution in [0.4, 0.5) is 5.69 Å². The van der Waals surface area contributed by atoms with E-state index in [0.29, 0.717) is 34.7 Å². The molecule has 0 saturated carbocycles. The van der Waals surface area contributed by atoms with Gasteiger partial charge in [-0.05, 0) is 48.2 Å². The Kier molecular flexibility index (Phi) is 6.38. The molecule has 2 heterocycles. The van der Waals surface area contributed by atoms with Crippen LogP contribution in [0.15, 0.2) is 66.2 Å². The molecule has 0 spiro atoms. The van der Waals surface area contributed by atoms with Crippen LogP contribution in [0.3, 0.4) is 0 Å². The second-order valence-corrected chi connectivity index (χ2v) is 9.29. The summed E-state index contributed by atoms with van der Waals surface area (Å²) in [4.78, 5) is 28.4. The third-order valence-corrected chi connectivity index (χ3v) is 6.93. The maximum atomic E-state index is 13.5. The summed E-state index contributed by atoms with van der Waals surface area (Å²) >= 11 is 0. The van der Waals surface area contributed by atoms with E-state index in [9.17, 15) is 14.7 Å². The van der Waals surface area contributed by atoms with Gasteiger partial charge < -0.3 is 19.3 Å². The zero-order valence-electron chi connectivity index (χ0n) is 21.3. The number of methoxy groups -OCH3 is 2. The molecular formula is C30H29NO6. The van der Waals surface area contributed by atoms with E-state index >= 15 is 0 Å². The molecule has 3 aromatic rings. The number of rotatable bonds is 6. The van der Waals surface area contributed by atoms with E-state index in [0.717, 1.165) is 23.3 Å². The highest BCUT2D eigenvalue weighted by atomic mass is 16.5. The molecule has 37 heavy (non-hydrogen) atoms. The van der Waals surface area contributed by atoms with Crippen LogP contribution in [-0.2, 0) is 22.4 Å². The number of nitrogens with zero attached hydrogens (tertiary/aromatic N) is 1. The number of aryl methyl sites for hydroxylation is 1. The largest absolute Gasteiger partial charge is 0.507 e. The number of carbonyl (C=O) groups excluding carboxylic acids is 2. The monoisotopic (exact) mass is 499 g/mol. The van der Waals surface area contributed by atoms with Crippen molar-refractivity contribution in [1.29, 1.82) is 0 Å². The van der Waals surface area contributed by atoms with E-state index in [1.165, 1.54) is 19.1 Å². The standard InChI is InChI=1S/C30H29NO6/c1-5-18-6-8-19(9-7-18)27-26(28(32)20-10-11-25-21(13-20)12-17(2)37-25)29(33)30(34)31(27)22-14-23(35-3)16-24(15-22)36-4/h6-11,13-17,27,32H,5,12H2,1-4H3/b28-26-. The zero-order valence-corrected chi connectivity index (χ0v) is 21.3. The zero-order chi connectivity index (χ0) is 26.3. The quantitative estimate of drug-likeness (QED) is 0.285. The summed E-state index contributed by atoms with van der Waals surface area (Å²) in [5, 5.41) is 11.5. The van der Waals surface area contributed by atoms with Crippen LogP contribution in [0.2, 0.25) is 0 Å². The second-order valence-electron chi connectivity index (χ2n) is 9.29. The number of ether oxygens (including phenoxy) is 3. The number of anilines is 1. The molecule has 7 nitrogen and oxygen atoms in total. The normalized spacial score (nSPS) is 20.1. The molecule has 1 saturated heterocycles. The van der Waals surface area contributed by atoms with Crippen molar-refractivity contribution in [3.63, 3.8) is 0 Å². The van der Waals surface area contributed by atoms with Crippen molar-refractivity contribution in [2.45, 2.75) is 38.8 Å². The molecule has 0 bridgehead atoms. The lowest BCUT2D eigenvalue weighted by Crippen LogP contribution is -2.29. The van der Waals surface area contributed by atoms with Crippen molar-refractivity contribution in [3.8, 4) is 17.2 Å². The first-order chi connectivity index (χ1) is 17.8. The third kappa shape index (κ3) is 4.31. The Morgan fingerprint density at radius 3 is 2.30 bits per heavy atom. The molecule has 2 aliphatic rings. The number of fused-ring (bicyclic) bond motifs is 1. The minimum atomic E-state index is -0.842. The molecular weight excluding hydrogens is 470 g/mol. The lowest BCUT2D eigenvalue weighted by Gasteiger charge is -2.26. The summed E-state index contributed by atoms with van der Waals surface area (Å²) < 4.78 is 16.6. The van der Waals surface area contributed by atoms with Gasteiger partial charge in [0.2, 0.25) is 0 Å². The van der Waals surface area contributed by atoms with E-state index in [1.54, 1.807) is 30.3 Å². The summed E-state index contributed by atoms with van der Waals surface area (Å²) in [6, 6.07) is 17.3. The van der Waals surface area contributed by atoms with E-state index in [4.69, 9.17) is 14.2 Å². The molecule has 2 atom stereocenters. The first-order valence-corrected chi connectivity index (χ1v) is 12.3. The van der Waals surface area contributed by atoms with Gasteiger partial charge in [0, 0.05) is 30.2 Å². The molecule has 2 unspecified atom stereocenters. The number of ketones is 1. The van der Waals surface area contributed by atoms with Crippen LogP contribution in [0.1, 0.15) is 42.1 Å². The van der Waals surface area contributed by atoms with Gasteiger partial charge in [0.25, 0.3) is 11.7 Å². The predicted octanol–water partition coefficient (Wildman–Crippen LogP) is 5.22. The average Bonchev–Trinajstić information content (AvgIpc) is 3.43. The third-order valence-electron chi connectivity index (χ3n) is 6.93. The molecule has 0 aromatic heterocycles. The van der Waals surface area contributed by atoms with Crippen molar-refractivity contribution >= 4 is 23.1 Å². The Balaban J connectivity index is 1.70. The highest BCUT2D eigenvalue weighted by molar-refractivity contribution is 6.51. The number of aliphatic hydroxyl groups excluding tert-OH is 1. The first kappa shape index (κ1) is 24.4. The van der Waals surface area contributed by atoms with Gasteiger partial charge in [-0.3, -0.25) is 14.5 Å². The average molecular weight is 500 g/mol. The number of amides is 1. The molecule has 0 aliphatic carbocycles. The van der Waals surface area contributed by atoms with Gasteiger partial charge in [-0.2, -0.15) is 0 Å². The smallest absolute Gasteiger partial charge is 0.300 e. The Hall–Kier alpha value is -4.26. The van der Waals surface area contributed by atoms with Crippen LogP contribution in [0, 0.1) is 0 Å². The van der Waals surface area contributed by atoms with Crippen molar-refractivity contribution < 1.29 is 28.9 Å². The minimum Gasteiger partial charge on any atom is -0.507 e. The van der Waals surface area contributed by atoms with Crippen LogP contribution < -0.4 is 19.1 Å². The number of carbonyl (C=O) groups is 2. The van der Waals surface area contributed by atoms with Crippen molar-refractivity contribution in [1.82, 2.24) is 0 Å². The van der Waals surface area contributed by atoms with E-state index in [1.807, 2.05) is 37.3 Å². The minimum absolute atomic E-state index is 0.0305. The van der Waals surface area contributed by atoms with Crippen LogP contribution in [0.5, 0.6) is 17.2 Å².